The van der Waals surface area contributed by atoms with Crippen molar-refractivity contribution in [2.24, 2.45) is 5.73 Å². The third kappa shape index (κ3) is 3.57. The Hall–Kier alpha value is -2.64. The zero-order chi connectivity index (χ0) is 18.9. The van der Waals surface area contributed by atoms with E-state index in [2.05, 4.69) is 0 Å². The normalized spacial score (nSPS) is 11.9. The van der Waals surface area contributed by atoms with E-state index in [1.54, 1.807) is 13.0 Å². The molecule has 6 nitrogen and oxygen atoms in total. The van der Waals surface area contributed by atoms with Crippen molar-refractivity contribution in [3.63, 3.8) is 0 Å². The second-order valence-corrected chi connectivity index (χ2v) is 5.90. The minimum atomic E-state index is -1.70. The Bertz CT molecular complexity index is 841. The Morgan fingerprint density at radius 3 is 2.32 bits per heavy atom. The third-order valence-corrected chi connectivity index (χ3v) is 4.12. The molecule has 8 heteroatoms. The summed E-state index contributed by atoms with van der Waals surface area (Å²) in [4.78, 5) is 23.2. The van der Waals surface area contributed by atoms with Gasteiger partial charge in [-0.25, -0.2) is 14.0 Å². The summed E-state index contributed by atoms with van der Waals surface area (Å²) in [6.07, 6.45) is -3.41. The molecule has 1 atom stereocenters. The lowest BCUT2D eigenvalue weighted by Gasteiger charge is -2.25. The van der Waals surface area contributed by atoms with Gasteiger partial charge in [0.25, 0.3) is 0 Å². The van der Waals surface area contributed by atoms with E-state index in [4.69, 9.17) is 17.3 Å². The van der Waals surface area contributed by atoms with Crippen LogP contribution in [0.2, 0.25) is 5.02 Å². The van der Waals surface area contributed by atoms with Crippen molar-refractivity contribution in [3.8, 4) is 11.1 Å². The maximum absolute atomic E-state index is 13.7. The van der Waals surface area contributed by atoms with Crippen LogP contribution in [0.5, 0.6) is 0 Å². The van der Waals surface area contributed by atoms with Gasteiger partial charge < -0.3 is 15.9 Å². The number of amides is 2. The molecule has 0 aliphatic heterocycles. The fourth-order valence-corrected chi connectivity index (χ4v) is 2.82. The second-order valence-electron chi connectivity index (χ2n) is 5.50. The number of nitrogens with two attached hydrogens (primary N) is 1. The molecule has 2 aromatic carbocycles. The van der Waals surface area contributed by atoms with E-state index in [1.807, 2.05) is 0 Å². The van der Waals surface area contributed by atoms with Crippen LogP contribution < -0.4 is 10.6 Å². The highest BCUT2D eigenvalue weighted by atomic mass is 35.5. The maximum atomic E-state index is 13.7. The quantitative estimate of drug-likeness (QED) is 0.734. The topological polar surface area (TPSA) is 104 Å². The molecule has 0 aromatic heterocycles. The number of benzene rings is 2. The van der Waals surface area contributed by atoms with Gasteiger partial charge in [-0.1, -0.05) is 23.7 Å². The summed E-state index contributed by atoms with van der Waals surface area (Å²) in [7, 11) is 0. The molecule has 0 aliphatic rings. The minimum absolute atomic E-state index is 0.160. The molecule has 0 saturated carbocycles. The van der Waals surface area contributed by atoms with Crippen molar-refractivity contribution in [3.05, 3.63) is 52.3 Å². The van der Waals surface area contributed by atoms with Crippen LogP contribution in [0.15, 0.2) is 30.3 Å². The monoisotopic (exact) mass is 366 g/mol. The first-order valence-corrected chi connectivity index (χ1v) is 7.63. The van der Waals surface area contributed by atoms with Gasteiger partial charge in [0.2, 0.25) is 0 Å². The first-order chi connectivity index (χ1) is 11.6. The van der Waals surface area contributed by atoms with E-state index >= 15 is 0 Å². The number of carbonyl (C=O) groups is 2. The number of anilines is 1. The Morgan fingerprint density at radius 2 is 1.84 bits per heavy atom. The van der Waals surface area contributed by atoms with Crippen LogP contribution in [0.25, 0.3) is 11.1 Å². The molecule has 4 N–H and O–H groups in total. The largest absolute Gasteiger partial charge is 0.464 e. The van der Waals surface area contributed by atoms with Gasteiger partial charge in [0.1, 0.15) is 5.82 Å². The van der Waals surface area contributed by atoms with Crippen molar-refractivity contribution < 1.29 is 24.2 Å². The molecule has 0 fully saturated rings. The van der Waals surface area contributed by atoms with Crippen molar-refractivity contribution in [1.29, 1.82) is 0 Å². The molecule has 1 unspecified atom stereocenters. The van der Waals surface area contributed by atoms with Crippen molar-refractivity contribution in [2.45, 2.75) is 19.9 Å². The molecule has 0 radical (unpaired) electrons. The Labute approximate surface area is 148 Å². The Balaban J connectivity index is 2.98. The van der Waals surface area contributed by atoms with E-state index in [0.717, 1.165) is 0 Å². The molecule has 0 bridgehead atoms. The lowest BCUT2D eigenvalue weighted by atomic mass is 9.91. The van der Waals surface area contributed by atoms with Gasteiger partial charge in [-0.15, -0.1) is 0 Å². The van der Waals surface area contributed by atoms with Crippen molar-refractivity contribution in [1.82, 2.24) is 0 Å². The summed E-state index contributed by atoms with van der Waals surface area (Å²) < 4.78 is 13.7. The predicted molar refractivity (Wildman–Crippen MR) is 92.7 cm³/mol. The molecule has 2 amide bonds. The summed E-state index contributed by atoms with van der Waals surface area (Å²) in [5.74, 6) is -0.552. The molecule has 2 rings (SSSR count). The van der Waals surface area contributed by atoms with Crippen molar-refractivity contribution in [2.75, 3.05) is 4.90 Å². The van der Waals surface area contributed by atoms with Crippen LogP contribution in [0.3, 0.4) is 0 Å². The Morgan fingerprint density at radius 1 is 1.24 bits per heavy atom. The number of carboxylic acid groups (broad SMARTS) is 2. The molecule has 132 valence electrons. The van der Waals surface area contributed by atoms with Crippen LogP contribution in [-0.4, -0.2) is 22.4 Å². The predicted octanol–water partition coefficient (Wildman–Crippen LogP) is 4.64. The van der Waals surface area contributed by atoms with E-state index in [9.17, 15) is 24.2 Å². The fraction of sp³-hybridized carbons (Fsp3) is 0.176. The minimum Gasteiger partial charge on any atom is -0.464 e. The SMILES string of the molecule is Cc1c(Cl)cc(C(C)N)c(-c2cccc(F)c2)c1N(C(=O)O)C(=O)O. The van der Waals surface area contributed by atoms with Crippen LogP contribution in [-0.2, 0) is 0 Å². The maximum Gasteiger partial charge on any atom is 0.421 e. The lowest BCUT2D eigenvalue weighted by molar-refractivity contribution is 0.184. The van der Waals surface area contributed by atoms with Crippen LogP contribution in [0, 0.1) is 12.7 Å². The highest BCUT2D eigenvalue weighted by Crippen LogP contribution is 2.42. The summed E-state index contributed by atoms with van der Waals surface area (Å²) in [6.45, 7) is 3.13. The number of imide groups is 1. The standard InChI is InChI=1S/C17H16ClFN2O4/c1-8-13(18)7-12(9(2)20)14(10-4-3-5-11(19)6-10)15(8)21(16(22)23)17(24)25/h3-7,9H,20H2,1-2H3,(H,22,23)(H,24,25). The highest BCUT2D eigenvalue weighted by molar-refractivity contribution is 6.32. The smallest absolute Gasteiger partial charge is 0.421 e. The molecule has 0 aliphatic carbocycles. The number of halogens is 2. The fourth-order valence-electron chi connectivity index (χ4n) is 2.61. The van der Waals surface area contributed by atoms with Crippen LogP contribution in [0.4, 0.5) is 19.7 Å². The number of hydrogen-bond donors (Lipinski definition) is 3. The van der Waals surface area contributed by atoms with E-state index < -0.39 is 24.0 Å². The van der Waals surface area contributed by atoms with Gasteiger partial charge in [0.15, 0.2) is 0 Å². The number of hydrogen-bond acceptors (Lipinski definition) is 3. The molecule has 2 aromatic rings. The zero-order valence-corrected chi connectivity index (χ0v) is 14.2. The third-order valence-electron chi connectivity index (χ3n) is 3.73. The van der Waals surface area contributed by atoms with Crippen LogP contribution in [0.1, 0.15) is 24.1 Å². The number of rotatable bonds is 3. The summed E-state index contributed by atoms with van der Waals surface area (Å²) in [6, 6.07) is 6.33. The molecule has 0 saturated heterocycles. The van der Waals surface area contributed by atoms with Gasteiger partial charge in [0.05, 0.1) is 5.69 Å². The zero-order valence-electron chi connectivity index (χ0n) is 13.5. The van der Waals surface area contributed by atoms with Gasteiger partial charge in [-0.2, -0.15) is 4.90 Å². The molecular weight excluding hydrogens is 351 g/mol. The number of nitrogens with zero attached hydrogens (tertiary/aromatic N) is 1. The Kier molecular flexibility index (Phi) is 5.30. The van der Waals surface area contributed by atoms with Crippen LogP contribution >= 0.6 is 11.6 Å². The summed E-state index contributed by atoms with van der Waals surface area (Å²) >= 11 is 6.17. The van der Waals surface area contributed by atoms with Gasteiger partial charge in [0, 0.05) is 16.6 Å². The second kappa shape index (κ2) is 7.08. The van der Waals surface area contributed by atoms with Gasteiger partial charge in [-0.3, -0.25) is 0 Å². The molecule has 0 spiro atoms. The van der Waals surface area contributed by atoms with Gasteiger partial charge in [-0.05, 0) is 48.7 Å². The lowest BCUT2D eigenvalue weighted by Crippen LogP contribution is -2.35. The summed E-state index contributed by atoms with van der Waals surface area (Å²) in [5, 5.41) is 18.9. The highest BCUT2D eigenvalue weighted by Gasteiger charge is 2.30. The molecule has 25 heavy (non-hydrogen) atoms. The average Bonchev–Trinajstić information content (AvgIpc) is 2.50. The molecule has 0 heterocycles. The summed E-state index contributed by atoms with van der Waals surface area (Å²) in [5.41, 5.74) is 6.95. The van der Waals surface area contributed by atoms with E-state index in [-0.39, 0.29) is 26.7 Å². The molecular formula is C17H16ClFN2O4. The average molecular weight is 367 g/mol. The van der Waals surface area contributed by atoms with Crippen molar-refractivity contribution >= 4 is 29.5 Å². The first kappa shape index (κ1) is 18.7. The van der Waals surface area contributed by atoms with Gasteiger partial charge >= 0.3 is 12.2 Å². The van der Waals surface area contributed by atoms with E-state index in [0.29, 0.717) is 11.1 Å². The van der Waals surface area contributed by atoms with E-state index in [1.165, 1.54) is 31.2 Å². The first-order valence-electron chi connectivity index (χ1n) is 7.25.